The molecule has 106 valence electrons. The van der Waals surface area contributed by atoms with E-state index in [1.54, 1.807) is 0 Å². The standard InChI is InChI=1S/C14H21FN2O2/c1-4-10(3)8-12(5-2)16-13-9-11(15)6-7-14(13)17(18)19/h6-7,9-10,12,16H,4-5,8H2,1-3H3. The van der Waals surface area contributed by atoms with E-state index < -0.39 is 10.7 Å². The molecular weight excluding hydrogens is 247 g/mol. The van der Waals surface area contributed by atoms with Crippen molar-refractivity contribution in [3.05, 3.63) is 34.1 Å². The number of nitrogens with one attached hydrogen (secondary N) is 1. The van der Waals surface area contributed by atoms with Crippen molar-refractivity contribution in [1.82, 2.24) is 0 Å². The van der Waals surface area contributed by atoms with Gasteiger partial charge >= 0.3 is 0 Å². The molecule has 0 saturated heterocycles. The van der Waals surface area contributed by atoms with E-state index in [1.807, 2.05) is 6.92 Å². The molecule has 0 radical (unpaired) electrons. The molecule has 0 bridgehead atoms. The maximum absolute atomic E-state index is 13.2. The second kappa shape index (κ2) is 7.07. The third kappa shape index (κ3) is 4.50. The molecule has 0 amide bonds. The number of nitro benzene ring substituents is 1. The summed E-state index contributed by atoms with van der Waals surface area (Å²) in [6.07, 6.45) is 2.82. The van der Waals surface area contributed by atoms with Crippen molar-refractivity contribution in [1.29, 1.82) is 0 Å². The predicted molar refractivity (Wildman–Crippen MR) is 74.8 cm³/mol. The summed E-state index contributed by atoms with van der Waals surface area (Å²) in [4.78, 5) is 10.4. The highest BCUT2D eigenvalue weighted by atomic mass is 19.1. The Morgan fingerprint density at radius 1 is 1.37 bits per heavy atom. The summed E-state index contributed by atoms with van der Waals surface area (Å²) in [5.41, 5.74) is 0.184. The van der Waals surface area contributed by atoms with Gasteiger partial charge in [0.2, 0.25) is 0 Å². The molecule has 0 aliphatic carbocycles. The van der Waals surface area contributed by atoms with Crippen LogP contribution in [-0.2, 0) is 0 Å². The quantitative estimate of drug-likeness (QED) is 0.590. The highest BCUT2D eigenvalue weighted by molar-refractivity contribution is 5.61. The van der Waals surface area contributed by atoms with E-state index in [9.17, 15) is 14.5 Å². The number of halogens is 1. The molecule has 0 saturated carbocycles. The van der Waals surface area contributed by atoms with Crippen LogP contribution in [0.25, 0.3) is 0 Å². The van der Waals surface area contributed by atoms with Crippen LogP contribution in [0.4, 0.5) is 15.8 Å². The summed E-state index contributed by atoms with van der Waals surface area (Å²) >= 11 is 0. The summed E-state index contributed by atoms with van der Waals surface area (Å²) < 4.78 is 13.2. The molecule has 1 aromatic carbocycles. The maximum Gasteiger partial charge on any atom is 0.292 e. The summed E-state index contributed by atoms with van der Waals surface area (Å²) in [7, 11) is 0. The van der Waals surface area contributed by atoms with E-state index in [2.05, 4.69) is 19.2 Å². The van der Waals surface area contributed by atoms with Gasteiger partial charge < -0.3 is 5.32 Å². The fourth-order valence-electron chi connectivity index (χ4n) is 1.98. The van der Waals surface area contributed by atoms with E-state index in [0.717, 1.165) is 25.3 Å². The molecule has 1 rings (SSSR count). The topological polar surface area (TPSA) is 55.2 Å². The van der Waals surface area contributed by atoms with Crippen molar-refractivity contribution in [3.8, 4) is 0 Å². The molecule has 0 aliphatic rings. The van der Waals surface area contributed by atoms with Crippen LogP contribution >= 0.6 is 0 Å². The number of benzene rings is 1. The van der Waals surface area contributed by atoms with Gasteiger partial charge in [-0.2, -0.15) is 0 Å². The van der Waals surface area contributed by atoms with Crippen molar-refractivity contribution < 1.29 is 9.31 Å². The zero-order chi connectivity index (χ0) is 14.4. The number of rotatable bonds is 7. The first kappa shape index (κ1) is 15.4. The number of hydrogen-bond donors (Lipinski definition) is 1. The molecule has 0 spiro atoms. The van der Waals surface area contributed by atoms with Gasteiger partial charge in [0.1, 0.15) is 11.5 Å². The normalized spacial score (nSPS) is 13.9. The van der Waals surface area contributed by atoms with Gasteiger partial charge in [0.25, 0.3) is 5.69 Å². The van der Waals surface area contributed by atoms with E-state index in [-0.39, 0.29) is 17.4 Å². The average molecular weight is 268 g/mol. The van der Waals surface area contributed by atoms with Gasteiger partial charge in [-0.25, -0.2) is 4.39 Å². The zero-order valence-electron chi connectivity index (χ0n) is 11.6. The molecule has 1 aromatic rings. The molecule has 2 unspecified atom stereocenters. The van der Waals surface area contributed by atoms with Gasteiger partial charge in [-0.1, -0.05) is 27.2 Å². The lowest BCUT2D eigenvalue weighted by Crippen LogP contribution is -2.21. The van der Waals surface area contributed by atoms with Crippen LogP contribution in [0, 0.1) is 21.8 Å². The monoisotopic (exact) mass is 268 g/mol. The molecule has 0 heterocycles. The summed E-state index contributed by atoms with van der Waals surface area (Å²) in [6, 6.07) is 3.62. The second-order valence-electron chi connectivity index (χ2n) is 4.92. The van der Waals surface area contributed by atoms with Crippen LogP contribution in [-0.4, -0.2) is 11.0 Å². The van der Waals surface area contributed by atoms with E-state index >= 15 is 0 Å². The molecule has 0 aliphatic heterocycles. The Balaban J connectivity index is 2.89. The van der Waals surface area contributed by atoms with Gasteiger partial charge in [-0.05, 0) is 24.8 Å². The Hall–Kier alpha value is -1.65. The summed E-state index contributed by atoms with van der Waals surface area (Å²) in [6.45, 7) is 6.28. The molecule has 19 heavy (non-hydrogen) atoms. The minimum Gasteiger partial charge on any atom is -0.377 e. The number of nitrogens with zero attached hydrogens (tertiary/aromatic N) is 1. The highest BCUT2D eigenvalue weighted by Gasteiger charge is 2.18. The maximum atomic E-state index is 13.2. The lowest BCUT2D eigenvalue weighted by Gasteiger charge is -2.21. The van der Waals surface area contributed by atoms with Gasteiger partial charge in [0.05, 0.1) is 4.92 Å². The van der Waals surface area contributed by atoms with Crippen LogP contribution in [0.15, 0.2) is 18.2 Å². The molecule has 2 atom stereocenters. The van der Waals surface area contributed by atoms with E-state index in [4.69, 9.17) is 0 Å². The molecule has 5 heteroatoms. The number of nitro groups is 1. The SMILES string of the molecule is CCC(C)CC(CC)Nc1cc(F)ccc1[N+](=O)[O-]. The third-order valence-corrected chi connectivity index (χ3v) is 3.39. The first-order valence-corrected chi connectivity index (χ1v) is 6.68. The smallest absolute Gasteiger partial charge is 0.292 e. The first-order valence-electron chi connectivity index (χ1n) is 6.68. The zero-order valence-corrected chi connectivity index (χ0v) is 11.6. The van der Waals surface area contributed by atoms with Gasteiger partial charge in [0, 0.05) is 18.2 Å². The second-order valence-corrected chi connectivity index (χ2v) is 4.92. The minimum absolute atomic E-state index is 0.0796. The van der Waals surface area contributed by atoms with Gasteiger partial charge in [-0.15, -0.1) is 0 Å². The lowest BCUT2D eigenvalue weighted by atomic mass is 9.97. The van der Waals surface area contributed by atoms with E-state index in [0.29, 0.717) is 5.92 Å². The van der Waals surface area contributed by atoms with Crippen LogP contribution in [0.5, 0.6) is 0 Å². The van der Waals surface area contributed by atoms with Crippen LogP contribution in [0.3, 0.4) is 0 Å². The van der Waals surface area contributed by atoms with Crippen molar-refractivity contribution in [2.24, 2.45) is 5.92 Å². The molecule has 0 fully saturated rings. The Morgan fingerprint density at radius 2 is 2.05 bits per heavy atom. The van der Waals surface area contributed by atoms with Crippen LogP contribution in [0.1, 0.15) is 40.0 Å². The van der Waals surface area contributed by atoms with Crippen molar-refractivity contribution in [3.63, 3.8) is 0 Å². The number of anilines is 1. The van der Waals surface area contributed by atoms with Crippen molar-refractivity contribution >= 4 is 11.4 Å². The summed E-state index contributed by atoms with van der Waals surface area (Å²) in [5.74, 6) is 0.0663. The van der Waals surface area contributed by atoms with Crippen LogP contribution < -0.4 is 5.32 Å². The Labute approximate surface area is 113 Å². The van der Waals surface area contributed by atoms with Crippen molar-refractivity contribution in [2.45, 2.75) is 46.1 Å². The Kier molecular flexibility index (Phi) is 5.73. The molecule has 1 N–H and O–H groups in total. The van der Waals surface area contributed by atoms with Crippen molar-refractivity contribution in [2.75, 3.05) is 5.32 Å². The molecule has 4 nitrogen and oxygen atoms in total. The fraction of sp³-hybridized carbons (Fsp3) is 0.571. The molecule has 0 aromatic heterocycles. The third-order valence-electron chi connectivity index (χ3n) is 3.39. The minimum atomic E-state index is -0.488. The van der Waals surface area contributed by atoms with Gasteiger partial charge in [-0.3, -0.25) is 10.1 Å². The average Bonchev–Trinajstić information content (AvgIpc) is 2.37. The number of hydrogen-bond acceptors (Lipinski definition) is 3. The largest absolute Gasteiger partial charge is 0.377 e. The Bertz CT molecular complexity index is 437. The van der Waals surface area contributed by atoms with Crippen LogP contribution in [0.2, 0.25) is 0 Å². The Morgan fingerprint density at radius 3 is 2.58 bits per heavy atom. The van der Waals surface area contributed by atoms with Gasteiger partial charge in [0.15, 0.2) is 0 Å². The highest BCUT2D eigenvalue weighted by Crippen LogP contribution is 2.27. The van der Waals surface area contributed by atoms with E-state index in [1.165, 1.54) is 12.1 Å². The fourth-order valence-corrected chi connectivity index (χ4v) is 1.98. The molecular formula is C14H21FN2O2. The summed E-state index contributed by atoms with van der Waals surface area (Å²) in [5, 5.41) is 14.0. The first-order chi connectivity index (χ1) is 8.97. The predicted octanol–water partition coefficient (Wildman–Crippen LogP) is 4.36. The lowest BCUT2D eigenvalue weighted by molar-refractivity contribution is -0.384.